The zero-order valence-corrected chi connectivity index (χ0v) is 26.2. The molecule has 0 bridgehead atoms. The first-order valence-corrected chi connectivity index (χ1v) is 15.3. The number of hydrogen-bond acceptors (Lipinski definition) is 7. The van der Waals surface area contributed by atoms with Crippen LogP contribution in [0.1, 0.15) is 44.4 Å². The van der Waals surface area contributed by atoms with Crippen molar-refractivity contribution in [1.82, 2.24) is 25.4 Å². The molecule has 1 aliphatic heterocycles. The van der Waals surface area contributed by atoms with Crippen molar-refractivity contribution in [3.63, 3.8) is 0 Å². The number of carbonyl (C=O) groups is 2. The van der Waals surface area contributed by atoms with Crippen molar-refractivity contribution in [2.75, 3.05) is 13.2 Å². The number of allylic oxidation sites excluding steroid dienone is 2. The lowest BCUT2D eigenvalue weighted by atomic mass is 9.89. The Balaban J connectivity index is 1.25. The van der Waals surface area contributed by atoms with Gasteiger partial charge in [0.2, 0.25) is 0 Å². The zero-order valence-electron chi connectivity index (χ0n) is 26.2. The predicted molar refractivity (Wildman–Crippen MR) is 170 cm³/mol. The highest BCUT2D eigenvalue weighted by molar-refractivity contribution is 5.96. The predicted octanol–water partition coefficient (Wildman–Crippen LogP) is 5.40. The lowest BCUT2D eigenvalue weighted by Gasteiger charge is -2.30. The summed E-state index contributed by atoms with van der Waals surface area (Å²) in [4.78, 5) is 29.3. The van der Waals surface area contributed by atoms with Crippen molar-refractivity contribution in [3.8, 4) is 17.2 Å². The van der Waals surface area contributed by atoms with Gasteiger partial charge in [-0.1, -0.05) is 24.3 Å². The first kappa shape index (κ1) is 31.7. The van der Waals surface area contributed by atoms with Gasteiger partial charge >= 0.3 is 5.92 Å². The minimum absolute atomic E-state index is 0.199. The van der Waals surface area contributed by atoms with E-state index in [1.165, 1.54) is 0 Å². The van der Waals surface area contributed by atoms with E-state index in [0.717, 1.165) is 16.5 Å². The van der Waals surface area contributed by atoms with Gasteiger partial charge in [0.25, 0.3) is 11.8 Å². The lowest BCUT2D eigenvalue weighted by Crippen LogP contribution is -2.46. The average Bonchev–Trinajstić information content (AvgIpc) is 3.50. The number of alkyl halides is 2. The minimum atomic E-state index is -3.56. The Morgan fingerprint density at radius 3 is 2.68 bits per heavy atom. The number of benzene rings is 2. The van der Waals surface area contributed by atoms with Crippen molar-refractivity contribution >= 4 is 22.7 Å². The fourth-order valence-corrected chi connectivity index (χ4v) is 5.69. The molecule has 2 aromatic carbocycles. The van der Waals surface area contributed by atoms with Gasteiger partial charge < -0.3 is 24.8 Å². The van der Waals surface area contributed by atoms with Crippen molar-refractivity contribution in [1.29, 1.82) is 0 Å². The fraction of sp³-hybridized carbons (Fsp3) is 0.314. The third kappa shape index (κ3) is 6.96. The summed E-state index contributed by atoms with van der Waals surface area (Å²) in [6.07, 6.45) is 10.6. The second-order valence-electron chi connectivity index (χ2n) is 12.0. The van der Waals surface area contributed by atoms with E-state index in [4.69, 9.17) is 14.2 Å². The zero-order chi connectivity index (χ0) is 33.2. The number of rotatable bonds is 10. The Labute approximate surface area is 270 Å². The molecule has 0 radical (unpaired) electrons. The van der Waals surface area contributed by atoms with E-state index < -0.39 is 29.5 Å². The van der Waals surface area contributed by atoms with Crippen LogP contribution in [0, 0.1) is 0 Å². The minimum Gasteiger partial charge on any atom is -0.486 e. The number of amides is 2. The number of fused-ring (bicyclic) bond motifs is 2. The highest BCUT2D eigenvalue weighted by Gasteiger charge is 2.36. The molecule has 12 heteroatoms. The number of hydrogen-bond donors (Lipinski definition) is 2. The van der Waals surface area contributed by atoms with E-state index in [9.17, 15) is 18.4 Å². The van der Waals surface area contributed by atoms with Crippen molar-refractivity contribution in [2.45, 2.75) is 57.3 Å². The number of nitrogens with one attached hydrogen (secondary N) is 2. The Hall–Kier alpha value is -5.26. The lowest BCUT2D eigenvalue weighted by molar-refractivity contribution is -0.144. The molecule has 1 aliphatic carbocycles. The smallest absolute Gasteiger partial charge is 0.321 e. The molecule has 2 aliphatic rings. The molecule has 47 heavy (non-hydrogen) atoms. The van der Waals surface area contributed by atoms with Gasteiger partial charge in [-0.3, -0.25) is 19.3 Å². The van der Waals surface area contributed by atoms with Crippen LogP contribution in [0.3, 0.4) is 0 Å². The molecule has 6 rings (SSSR count). The SMILES string of the molecule is C[C@H](NC(=O)C(C)(F)F)[C@H](Oc1ccc2c(cnn2C2(C)C=C(C(=O)NCc3cccnc3)C=CC2)c1)c1ccc2c(c1)OCCO2. The molecule has 0 fully saturated rings. The molecule has 0 spiro atoms. The molecule has 3 heterocycles. The Morgan fingerprint density at radius 1 is 1.11 bits per heavy atom. The molecule has 244 valence electrons. The van der Waals surface area contributed by atoms with Crippen LogP contribution in [-0.4, -0.2) is 51.8 Å². The molecule has 2 aromatic heterocycles. The van der Waals surface area contributed by atoms with Gasteiger partial charge in [0.05, 0.1) is 23.3 Å². The van der Waals surface area contributed by atoms with Crippen LogP contribution in [-0.2, 0) is 21.7 Å². The van der Waals surface area contributed by atoms with Crippen LogP contribution < -0.4 is 24.8 Å². The van der Waals surface area contributed by atoms with Crippen LogP contribution in [0.25, 0.3) is 10.9 Å². The van der Waals surface area contributed by atoms with Gasteiger partial charge in [-0.05, 0) is 73.9 Å². The van der Waals surface area contributed by atoms with E-state index in [-0.39, 0.29) is 5.91 Å². The molecule has 1 unspecified atom stereocenters. The van der Waals surface area contributed by atoms with Crippen LogP contribution in [0.5, 0.6) is 17.2 Å². The Kier molecular flexibility index (Phi) is 8.67. The second kappa shape index (κ2) is 12.9. The van der Waals surface area contributed by atoms with E-state index in [0.29, 0.717) is 61.5 Å². The quantitative estimate of drug-likeness (QED) is 0.238. The summed E-state index contributed by atoms with van der Waals surface area (Å²) in [5.74, 6) is -3.64. The molecular formula is C35H35F2N5O5. The largest absolute Gasteiger partial charge is 0.486 e. The van der Waals surface area contributed by atoms with E-state index in [1.54, 1.807) is 55.8 Å². The van der Waals surface area contributed by atoms with Crippen LogP contribution in [0.2, 0.25) is 0 Å². The number of aromatic nitrogens is 3. The molecule has 10 nitrogen and oxygen atoms in total. The standard InChI is InChI=1S/C35H35F2N5O5/c1-22(41-33(44)35(3,36)37)31(24-8-11-29-30(17-24)46-15-14-45-29)47-27-9-10-28-26(16-27)21-40-42(28)34(2)12-4-7-25(18-34)32(43)39-20-23-6-5-13-38-19-23/h4-11,13,16-19,21-22,31H,12,14-15,20H2,1-3H3,(H,39,43)(H,41,44)/t22-,31-,34?/m0/s1. The molecule has 0 saturated carbocycles. The molecule has 2 N–H and O–H groups in total. The maximum absolute atomic E-state index is 13.8. The number of carbonyl (C=O) groups excluding carboxylic acids is 2. The Bertz CT molecular complexity index is 1850. The third-order valence-corrected chi connectivity index (χ3v) is 8.13. The maximum atomic E-state index is 13.8. The van der Waals surface area contributed by atoms with Crippen molar-refractivity contribution in [2.24, 2.45) is 0 Å². The number of ether oxygens (including phenoxy) is 3. The third-order valence-electron chi connectivity index (χ3n) is 8.13. The number of pyridine rings is 1. The fourth-order valence-electron chi connectivity index (χ4n) is 5.69. The summed E-state index contributed by atoms with van der Waals surface area (Å²) in [5, 5.41) is 10.8. The van der Waals surface area contributed by atoms with Crippen LogP contribution >= 0.6 is 0 Å². The summed E-state index contributed by atoms with van der Waals surface area (Å²) in [6, 6.07) is 13.5. The van der Waals surface area contributed by atoms with Gasteiger partial charge in [0, 0.05) is 36.8 Å². The molecule has 0 saturated heterocycles. The van der Waals surface area contributed by atoms with E-state index in [1.807, 2.05) is 48.0 Å². The van der Waals surface area contributed by atoms with Gasteiger partial charge in [-0.2, -0.15) is 13.9 Å². The Morgan fingerprint density at radius 2 is 1.91 bits per heavy atom. The normalized spacial score (nSPS) is 18.6. The first-order chi connectivity index (χ1) is 22.5. The van der Waals surface area contributed by atoms with Gasteiger partial charge in [0.1, 0.15) is 25.1 Å². The van der Waals surface area contributed by atoms with Gasteiger partial charge in [-0.25, -0.2) is 0 Å². The number of nitrogens with zero attached hydrogens (tertiary/aromatic N) is 3. The summed E-state index contributed by atoms with van der Waals surface area (Å²) in [5.41, 5.74) is 2.22. The summed E-state index contributed by atoms with van der Waals surface area (Å²) >= 11 is 0. The van der Waals surface area contributed by atoms with Crippen molar-refractivity contribution < 1.29 is 32.6 Å². The monoisotopic (exact) mass is 643 g/mol. The highest BCUT2D eigenvalue weighted by Crippen LogP contribution is 2.37. The topological polar surface area (TPSA) is 117 Å². The maximum Gasteiger partial charge on any atom is 0.321 e. The van der Waals surface area contributed by atoms with E-state index in [2.05, 4.69) is 20.7 Å². The number of halogens is 2. The van der Waals surface area contributed by atoms with Gasteiger partial charge in [-0.15, -0.1) is 0 Å². The molecule has 3 atom stereocenters. The highest BCUT2D eigenvalue weighted by atomic mass is 19.3. The van der Waals surface area contributed by atoms with Crippen molar-refractivity contribution in [3.05, 3.63) is 102 Å². The van der Waals surface area contributed by atoms with Crippen LogP contribution in [0.4, 0.5) is 8.78 Å². The average molecular weight is 644 g/mol. The summed E-state index contributed by atoms with van der Waals surface area (Å²) in [7, 11) is 0. The molecule has 2 amide bonds. The summed E-state index contributed by atoms with van der Waals surface area (Å²) in [6.45, 7) is 5.32. The molecular weight excluding hydrogens is 608 g/mol. The van der Waals surface area contributed by atoms with Gasteiger partial charge in [0.15, 0.2) is 11.5 Å². The summed E-state index contributed by atoms with van der Waals surface area (Å²) < 4.78 is 47.2. The first-order valence-electron chi connectivity index (χ1n) is 15.3. The molecule has 4 aromatic rings. The van der Waals surface area contributed by atoms with Crippen LogP contribution in [0.15, 0.2) is 90.9 Å². The van der Waals surface area contributed by atoms with E-state index >= 15 is 0 Å². The second-order valence-corrected chi connectivity index (χ2v) is 12.0.